The summed E-state index contributed by atoms with van der Waals surface area (Å²) in [4.78, 5) is 11.1. The fraction of sp³-hybridized carbons (Fsp3) is 0.533. The molecule has 0 aliphatic carbocycles. The van der Waals surface area contributed by atoms with Crippen molar-refractivity contribution in [3.05, 3.63) is 29.8 Å². The monoisotopic (exact) mass is 250 g/mol. The molecule has 0 radical (unpaired) electrons. The van der Waals surface area contributed by atoms with Crippen LogP contribution in [0.5, 0.6) is 5.75 Å². The highest BCUT2D eigenvalue weighted by molar-refractivity contribution is 5.72. The first-order chi connectivity index (χ1) is 8.76. The van der Waals surface area contributed by atoms with E-state index in [4.69, 9.17) is 4.74 Å². The van der Waals surface area contributed by atoms with E-state index in [9.17, 15) is 4.79 Å². The predicted octanol–water partition coefficient (Wildman–Crippen LogP) is 3.36. The fourth-order valence-electron chi connectivity index (χ4n) is 1.66. The van der Waals surface area contributed by atoms with E-state index in [2.05, 4.69) is 11.7 Å². The molecule has 0 N–H and O–H groups in total. The Morgan fingerprint density at radius 3 is 2.44 bits per heavy atom. The third-order valence-electron chi connectivity index (χ3n) is 2.77. The Balaban J connectivity index is 2.29. The highest BCUT2D eigenvalue weighted by atomic mass is 16.5. The van der Waals surface area contributed by atoms with E-state index in [1.165, 1.54) is 26.4 Å². The van der Waals surface area contributed by atoms with Gasteiger partial charge in [-0.05, 0) is 24.1 Å². The van der Waals surface area contributed by atoms with Crippen LogP contribution in [0.1, 0.15) is 38.2 Å². The van der Waals surface area contributed by atoms with Crippen molar-refractivity contribution in [3.63, 3.8) is 0 Å². The first-order valence-corrected chi connectivity index (χ1v) is 6.54. The van der Waals surface area contributed by atoms with Crippen molar-refractivity contribution < 1.29 is 14.3 Å². The molecule has 100 valence electrons. The van der Waals surface area contributed by atoms with Crippen molar-refractivity contribution in [2.75, 3.05) is 13.7 Å². The Bertz CT molecular complexity index is 343. The van der Waals surface area contributed by atoms with Gasteiger partial charge < -0.3 is 9.47 Å². The zero-order chi connectivity index (χ0) is 13.2. The number of methoxy groups -OCH3 is 1. The van der Waals surface area contributed by atoms with Crippen LogP contribution < -0.4 is 4.74 Å². The van der Waals surface area contributed by atoms with E-state index < -0.39 is 0 Å². The van der Waals surface area contributed by atoms with Gasteiger partial charge in [-0.25, -0.2) is 0 Å². The minimum Gasteiger partial charge on any atom is -0.494 e. The van der Waals surface area contributed by atoms with Gasteiger partial charge in [0.1, 0.15) is 5.75 Å². The molecule has 1 aromatic rings. The Kier molecular flexibility index (Phi) is 6.92. The molecule has 3 nitrogen and oxygen atoms in total. The Morgan fingerprint density at radius 2 is 1.83 bits per heavy atom. The van der Waals surface area contributed by atoms with Crippen molar-refractivity contribution in [2.45, 2.75) is 39.0 Å². The van der Waals surface area contributed by atoms with Crippen LogP contribution in [0, 0.1) is 0 Å². The summed E-state index contributed by atoms with van der Waals surface area (Å²) in [6.45, 7) is 2.96. The highest BCUT2D eigenvalue weighted by Crippen LogP contribution is 2.13. The molecule has 0 saturated carbocycles. The quantitative estimate of drug-likeness (QED) is 0.524. The number of carbonyl (C=O) groups excluding carboxylic acids is 1. The molecule has 0 heterocycles. The minimum atomic E-state index is -0.219. The van der Waals surface area contributed by atoms with Gasteiger partial charge in [0.2, 0.25) is 0 Å². The molecular formula is C15H22O3. The zero-order valence-corrected chi connectivity index (χ0v) is 11.3. The number of unbranched alkanes of at least 4 members (excludes halogenated alkanes) is 3. The molecule has 18 heavy (non-hydrogen) atoms. The number of ether oxygens (including phenoxy) is 2. The van der Waals surface area contributed by atoms with Crippen molar-refractivity contribution in [1.82, 2.24) is 0 Å². The lowest BCUT2D eigenvalue weighted by atomic mass is 10.1. The van der Waals surface area contributed by atoms with Crippen molar-refractivity contribution in [2.24, 2.45) is 0 Å². The topological polar surface area (TPSA) is 35.5 Å². The number of benzene rings is 1. The second-order valence-corrected chi connectivity index (χ2v) is 4.31. The van der Waals surface area contributed by atoms with Gasteiger partial charge in [-0.1, -0.05) is 38.3 Å². The van der Waals surface area contributed by atoms with Crippen LogP contribution >= 0.6 is 0 Å². The summed E-state index contributed by atoms with van der Waals surface area (Å²) in [6, 6.07) is 7.60. The minimum absolute atomic E-state index is 0.219. The number of hydrogen-bond donors (Lipinski definition) is 0. The standard InChI is InChI=1S/C15H22O3/c1-3-4-5-6-11-18-14-9-7-13(8-10-14)12-15(16)17-2/h7-10H,3-6,11-12H2,1-2H3. The SMILES string of the molecule is CCCCCCOc1ccc(CC(=O)OC)cc1. The van der Waals surface area contributed by atoms with E-state index in [0.717, 1.165) is 24.3 Å². The van der Waals surface area contributed by atoms with E-state index in [-0.39, 0.29) is 5.97 Å². The largest absolute Gasteiger partial charge is 0.494 e. The zero-order valence-electron chi connectivity index (χ0n) is 11.3. The van der Waals surface area contributed by atoms with Crippen LogP contribution in [-0.4, -0.2) is 19.7 Å². The van der Waals surface area contributed by atoms with Crippen LogP contribution in [0.4, 0.5) is 0 Å². The molecule has 0 unspecified atom stereocenters. The van der Waals surface area contributed by atoms with Crippen LogP contribution in [0.3, 0.4) is 0 Å². The van der Waals surface area contributed by atoms with Crippen molar-refractivity contribution >= 4 is 5.97 Å². The molecule has 0 aromatic heterocycles. The van der Waals surface area contributed by atoms with Gasteiger partial charge in [0.05, 0.1) is 20.1 Å². The molecule has 0 spiro atoms. The summed E-state index contributed by atoms with van der Waals surface area (Å²) < 4.78 is 10.2. The molecule has 0 aliphatic heterocycles. The lowest BCUT2D eigenvalue weighted by Gasteiger charge is -2.06. The van der Waals surface area contributed by atoms with E-state index >= 15 is 0 Å². The summed E-state index contributed by atoms with van der Waals surface area (Å²) >= 11 is 0. The lowest BCUT2D eigenvalue weighted by molar-refractivity contribution is -0.139. The van der Waals surface area contributed by atoms with E-state index in [1.807, 2.05) is 24.3 Å². The summed E-state index contributed by atoms with van der Waals surface area (Å²) in [7, 11) is 1.40. The maximum atomic E-state index is 11.1. The van der Waals surface area contributed by atoms with Gasteiger partial charge in [0.15, 0.2) is 0 Å². The number of hydrogen-bond acceptors (Lipinski definition) is 3. The van der Waals surface area contributed by atoms with Gasteiger partial charge in [-0.2, -0.15) is 0 Å². The molecule has 0 amide bonds. The van der Waals surface area contributed by atoms with Crippen LogP contribution in [-0.2, 0) is 16.0 Å². The Hall–Kier alpha value is -1.51. The molecule has 0 atom stereocenters. The fourth-order valence-corrected chi connectivity index (χ4v) is 1.66. The first kappa shape index (κ1) is 14.6. The summed E-state index contributed by atoms with van der Waals surface area (Å²) in [5, 5.41) is 0. The smallest absolute Gasteiger partial charge is 0.309 e. The second-order valence-electron chi connectivity index (χ2n) is 4.31. The number of rotatable bonds is 8. The van der Waals surface area contributed by atoms with Gasteiger partial charge in [0, 0.05) is 0 Å². The molecular weight excluding hydrogens is 228 g/mol. The molecule has 0 aliphatic rings. The summed E-state index contributed by atoms with van der Waals surface area (Å²) in [5.41, 5.74) is 0.945. The normalized spacial score (nSPS) is 10.1. The molecule has 1 rings (SSSR count). The van der Waals surface area contributed by atoms with Crippen LogP contribution in [0.15, 0.2) is 24.3 Å². The average molecular weight is 250 g/mol. The number of carbonyl (C=O) groups is 1. The summed E-state index contributed by atoms with van der Waals surface area (Å²) in [6.07, 6.45) is 5.13. The van der Waals surface area contributed by atoms with Crippen molar-refractivity contribution in [3.8, 4) is 5.75 Å². The number of esters is 1. The third kappa shape index (κ3) is 5.71. The van der Waals surface area contributed by atoms with Gasteiger partial charge in [0.25, 0.3) is 0 Å². The van der Waals surface area contributed by atoms with Gasteiger partial charge in [-0.3, -0.25) is 4.79 Å². The third-order valence-corrected chi connectivity index (χ3v) is 2.77. The Labute approximate surface area is 109 Å². The molecule has 1 aromatic carbocycles. The maximum Gasteiger partial charge on any atom is 0.309 e. The predicted molar refractivity (Wildman–Crippen MR) is 71.8 cm³/mol. The molecule has 0 fully saturated rings. The Morgan fingerprint density at radius 1 is 1.11 bits per heavy atom. The first-order valence-electron chi connectivity index (χ1n) is 6.54. The summed E-state index contributed by atoms with van der Waals surface area (Å²) in [5.74, 6) is 0.642. The maximum absolute atomic E-state index is 11.1. The van der Waals surface area contributed by atoms with E-state index in [1.54, 1.807) is 0 Å². The van der Waals surface area contributed by atoms with Crippen molar-refractivity contribution in [1.29, 1.82) is 0 Å². The molecule has 0 bridgehead atoms. The molecule has 3 heteroatoms. The second kappa shape index (κ2) is 8.56. The van der Waals surface area contributed by atoms with Gasteiger partial charge >= 0.3 is 5.97 Å². The van der Waals surface area contributed by atoms with Crippen LogP contribution in [0.2, 0.25) is 0 Å². The van der Waals surface area contributed by atoms with E-state index in [0.29, 0.717) is 6.42 Å². The average Bonchev–Trinajstić information content (AvgIpc) is 2.40. The van der Waals surface area contributed by atoms with Crippen LogP contribution in [0.25, 0.3) is 0 Å². The highest BCUT2D eigenvalue weighted by Gasteiger charge is 2.02. The lowest BCUT2D eigenvalue weighted by Crippen LogP contribution is -2.04. The molecule has 0 saturated heterocycles. The van der Waals surface area contributed by atoms with Gasteiger partial charge in [-0.15, -0.1) is 0 Å².